The molecule has 10 heteroatoms. The Balaban J connectivity index is 1.31. The first-order valence-electron chi connectivity index (χ1n) is 15.3. The molecule has 9 nitrogen and oxygen atoms in total. The van der Waals surface area contributed by atoms with Crippen LogP contribution in [0.25, 0.3) is 0 Å². The van der Waals surface area contributed by atoms with E-state index in [1.165, 1.54) is 11.0 Å². The van der Waals surface area contributed by atoms with Gasteiger partial charge in [-0.15, -0.1) is 0 Å². The van der Waals surface area contributed by atoms with Crippen LogP contribution in [0.15, 0.2) is 84.9 Å². The number of para-hydroxylation sites is 1. The third kappa shape index (κ3) is 6.51. The number of fused-ring (bicyclic) bond motifs is 1. The molecule has 0 bridgehead atoms. The van der Waals surface area contributed by atoms with Gasteiger partial charge in [0.1, 0.15) is 18.4 Å². The Kier molecular flexibility index (Phi) is 9.02. The number of benzene rings is 3. The minimum atomic E-state index is -0.968. The fraction of sp³-hybridized carbons (Fsp3) is 0.314. The molecule has 1 N–H and O–H groups in total. The van der Waals surface area contributed by atoms with Crippen molar-refractivity contribution in [2.45, 2.75) is 31.8 Å². The highest BCUT2D eigenvalue weighted by atomic mass is 19.1. The van der Waals surface area contributed by atoms with Gasteiger partial charge in [0, 0.05) is 36.6 Å². The highest BCUT2D eigenvalue weighted by molar-refractivity contribution is 6.52. The zero-order valence-electron chi connectivity index (χ0n) is 24.9. The van der Waals surface area contributed by atoms with Crippen molar-refractivity contribution in [2.75, 3.05) is 48.0 Å². The number of halogens is 1. The van der Waals surface area contributed by atoms with E-state index < -0.39 is 41.9 Å². The van der Waals surface area contributed by atoms with Crippen LogP contribution in [0, 0.1) is 11.7 Å². The molecule has 3 aromatic rings. The average Bonchev–Trinajstić information content (AvgIpc) is 3.31. The fourth-order valence-electron chi connectivity index (χ4n) is 6.29. The molecule has 45 heavy (non-hydrogen) atoms. The number of nitrogens with zero attached hydrogens (tertiary/aromatic N) is 3. The molecule has 0 aromatic heterocycles. The van der Waals surface area contributed by atoms with Gasteiger partial charge in [-0.25, -0.2) is 4.39 Å². The summed E-state index contributed by atoms with van der Waals surface area (Å²) in [5.41, 5.74) is 2.40. The highest BCUT2D eigenvalue weighted by Crippen LogP contribution is 2.31. The summed E-state index contributed by atoms with van der Waals surface area (Å²) in [5, 5.41) is 3.00. The molecule has 2 atom stereocenters. The van der Waals surface area contributed by atoms with Gasteiger partial charge in [0.05, 0.1) is 24.5 Å². The summed E-state index contributed by atoms with van der Waals surface area (Å²) in [6.45, 7) is 2.24. The first-order chi connectivity index (χ1) is 21.9. The van der Waals surface area contributed by atoms with Crippen molar-refractivity contribution in [3.05, 3.63) is 102 Å². The average molecular weight is 611 g/mol. The lowest BCUT2D eigenvalue weighted by atomic mass is 9.85. The van der Waals surface area contributed by atoms with Crippen LogP contribution in [-0.2, 0) is 25.7 Å². The van der Waals surface area contributed by atoms with Crippen LogP contribution in [0.3, 0.4) is 0 Å². The largest absolute Gasteiger partial charge is 0.378 e. The van der Waals surface area contributed by atoms with E-state index in [0.717, 1.165) is 30.1 Å². The van der Waals surface area contributed by atoms with Crippen LogP contribution in [0.5, 0.6) is 0 Å². The van der Waals surface area contributed by atoms with E-state index in [4.69, 9.17) is 4.74 Å². The summed E-state index contributed by atoms with van der Waals surface area (Å²) >= 11 is 0. The Morgan fingerprint density at radius 2 is 1.69 bits per heavy atom. The monoisotopic (exact) mass is 610 g/mol. The van der Waals surface area contributed by atoms with E-state index >= 15 is 4.39 Å². The first-order valence-corrected chi connectivity index (χ1v) is 15.3. The van der Waals surface area contributed by atoms with Gasteiger partial charge in [0.25, 0.3) is 11.7 Å². The van der Waals surface area contributed by atoms with E-state index in [0.29, 0.717) is 37.4 Å². The maximum atomic E-state index is 15.0. The van der Waals surface area contributed by atoms with Crippen molar-refractivity contribution in [1.29, 1.82) is 0 Å². The predicted octanol–water partition coefficient (Wildman–Crippen LogP) is 4.58. The quantitative estimate of drug-likeness (QED) is 0.281. The number of hydrogen-bond donors (Lipinski definition) is 1. The summed E-state index contributed by atoms with van der Waals surface area (Å²) in [5.74, 6) is -3.21. The summed E-state index contributed by atoms with van der Waals surface area (Å²) < 4.78 is 20.4. The minimum absolute atomic E-state index is 0.183. The summed E-state index contributed by atoms with van der Waals surface area (Å²) in [4.78, 5) is 58.8. The van der Waals surface area contributed by atoms with Crippen LogP contribution in [-0.4, -0.2) is 67.3 Å². The van der Waals surface area contributed by atoms with Gasteiger partial charge in [-0.2, -0.15) is 0 Å². The van der Waals surface area contributed by atoms with E-state index in [1.807, 2.05) is 36.4 Å². The maximum Gasteiger partial charge on any atom is 0.299 e. The van der Waals surface area contributed by atoms with E-state index in [1.54, 1.807) is 42.5 Å². The van der Waals surface area contributed by atoms with E-state index in [-0.39, 0.29) is 23.6 Å². The van der Waals surface area contributed by atoms with Crippen LogP contribution in [0.2, 0.25) is 0 Å². The Hall–Kier alpha value is -4.83. The molecular formula is C35H35FN4O5. The van der Waals surface area contributed by atoms with Crippen molar-refractivity contribution in [1.82, 2.24) is 4.90 Å². The molecule has 3 aliphatic rings. The molecule has 3 aromatic carbocycles. The van der Waals surface area contributed by atoms with Gasteiger partial charge in [0.2, 0.25) is 11.8 Å². The lowest BCUT2D eigenvalue weighted by Gasteiger charge is -2.37. The van der Waals surface area contributed by atoms with Gasteiger partial charge in [-0.05, 0) is 67.6 Å². The maximum absolute atomic E-state index is 15.0. The molecule has 6 rings (SSSR count). The number of carbonyl (C=O) groups excluding carboxylic acids is 4. The number of Topliss-reactive ketones (excluding diaryl/α,β-unsaturated/α-hetero) is 1. The van der Waals surface area contributed by atoms with Gasteiger partial charge in [-0.3, -0.25) is 24.1 Å². The number of amides is 3. The second-order valence-electron chi connectivity index (χ2n) is 11.5. The molecule has 2 aliphatic heterocycles. The second-order valence-corrected chi connectivity index (χ2v) is 11.5. The zero-order chi connectivity index (χ0) is 31.3. The lowest BCUT2D eigenvalue weighted by Crippen LogP contribution is -2.54. The third-order valence-electron chi connectivity index (χ3n) is 8.66. The fourth-order valence-corrected chi connectivity index (χ4v) is 6.29. The van der Waals surface area contributed by atoms with Crippen molar-refractivity contribution in [3.8, 4) is 0 Å². The number of morpholine rings is 1. The number of carbonyl (C=O) groups is 4. The Morgan fingerprint density at radius 1 is 0.956 bits per heavy atom. The molecule has 232 valence electrons. The number of nitrogens with one attached hydrogen (secondary N) is 1. The molecular weight excluding hydrogens is 575 g/mol. The normalized spacial score (nSPS) is 18.5. The highest BCUT2D eigenvalue weighted by Gasteiger charge is 2.41. The number of anilines is 3. The Bertz CT molecular complexity index is 1620. The Labute approximate surface area is 261 Å². The molecule has 0 radical (unpaired) electrons. The molecule has 2 heterocycles. The number of hydrogen-bond acceptors (Lipinski definition) is 6. The molecule has 1 aliphatic carbocycles. The van der Waals surface area contributed by atoms with Crippen LogP contribution in [0.4, 0.5) is 21.5 Å². The lowest BCUT2D eigenvalue weighted by molar-refractivity contribution is -0.140. The summed E-state index contributed by atoms with van der Waals surface area (Å²) in [6.07, 6.45) is 5.98. The number of ketones is 1. The molecule has 3 amide bonds. The number of allylic oxidation sites excluding steroid dienone is 2. The van der Waals surface area contributed by atoms with Crippen LogP contribution >= 0.6 is 0 Å². The topological polar surface area (TPSA) is 99.3 Å². The number of ether oxygens (including phenoxy) is 1. The number of rotatable bonds is 9. The standard InChI is InChI=1S/C35H35FN4O5/c36-29-12-6-4-10-25(29)22-40(31(41)23-39-30-13-7-5-11-28(30)33(42)35(39)44)32(24-8-2-1-3-9-24)34(43)37-26-14-16-27(17-15-26)38-18-20-45-21-19-38/h1-2,4-7,10-17,24,32H,3,8-9,18-23H2,(H,37,43). The summed E-state index contributed by atoms with van der Waals surface area (Å²) in [7, 11) is 0. The zero-order valence-corrected chi connectivity index (χ0v) is 24.9. The minimum Gasteiger partial charge on any atom is -0.378 e. The second kappa shape index (κ2) is 13.4. The van der Waals surface area contributed by atoms with Gasteiger partial charge in [0.15, 0.2) is 0 Å². The smallest absolute Gasteiger partial charge is 0.299 e. The molecule has 0 saturated carbocycles. The third-order valence-corrected chi connectivity index (χ3v) is 8.66. The molecule has 0 spiro atoms. The van der Waals surface area contributed by atoms with Gasteiger partial charge in [-0.1, -0.05) is 42.5 Å². The van der Waals surface area contributed by atoms with E-state index in [9.17, 15) is 19.2 Å². The van der Waals surface area contributed by atoms with Crippen LogP contribution in [0.1, 0.15) is 35.2 Å². The molecule has 1 fully saturated rings. The molecule has 2 unspecified atom stereocenters. The van der Waals surface area contributed by atoms with E-state index in [2.05, 4.69) is 10.2 Å². The first kappa shape index (κ1) is 30.2. The molecule has 1 saturated heterocycles. The SMILES string of the molecule is O=C1C(=O)N(CC(=O)N(Cc2ccccc2F)C(C(=O)Nc2ccc(N3CCOCC3)cc2)C2CC=CCC2)c2ccccc21. The van der Waals surface area contributed by atoms with Crippen molar-refractivity contribution < 1.29 is 28.3 Å². The van der Waals surface area contributed by atoms with Crippen LogP contribution < -0.4 is 15.1 Å². The predicted molar refractivity (Wildman–Crippen MR) is 168 cm³/mol. The van der Waals surface area contributed by atoms with Crippen molar-refractivity contribution >= 4 is 40.6 Å². The van der Waals surface area contributed by atoms with Crippen molar-refractivity contribution in [2.24, 2.45) is 5.92 Å². The summed E-state index contributed by atoms with van der Waals surface area (Å²) in [6, 6.07) is 19.2. The Morgan fingerprint density at radius 3 is 2.42 bits per heavy atom. The van der Waals surface area contributed by atoms with Gasteiger partial charge >= 0.3 is 0 Å². The van der Waals surface area contributed by atoms with Crippen molar-refractivity contribution in [3.63, 3.8) is 0 Å². The van der Waals surface area contributed by atoms with Gasteiger partial charge < -0.3 is 19.9 Å².